The van der Waals surface area contributed by atoms with Gasteiger partial charge in [-0.1, -0.05) is 65.5 Å². The van der Waals surface area contributed by atoms with E-state index in [1.54, 1.807) is 0 Å². The highest BCUT2D eigenvalue weighted by Gasteiger charge is 2.59. The highest BCUT2D eigenvalue weighted by molar-refractivity contribution is 5.64. The van der Waals surface area contributed by atoms with E-state index in [0.29, 0.717) is 11.2 Å². The third-order valence-electron chi connectivity index (χ3n) is 11.5. The zero-order valence-corrected chi connectivity index (χ0v) is 24.3. The van der Waals surface area contributed by atoms with Crippen LogP contribution < -0.4 is 4.74 Å². The van der Waals surface area contributed by atoms with Gasteiger partial charge in [0, 0.05) is 6.42 Å². The van der Waals surface area contributed by atoms with Gasteiger partial charge in [-0.05, 0) is 116 Å². The summed E-state index contributed by atoms with van der Waals surface area (Å²) in [4.78, 5) is 12.4. The molecule has 0 N–H and O–H groups in total. The maximum atomic E-state index is 13.1. The van der Waals surface area contributed by atoms with E-state index in [2.05, 4.69) is 40.7 Å². The molecule has 3 nitrogen and oxygen atoms in total. The molecule has 3 fully saturated rings. The highest BCUT2D eigenvalue weighted by Crippen LogP contribution is 2.67. The molecule has 4 aliphatic carbocycles. The second-order valence-corrected chi connectivity index (χ2v) is 14.1. The van der Waals surface area contributed by atoms with Gasteiger partial charge in [-0.3, -0.25) is 0 Å². The average molecular weight is 525 g/mol. The Labute approximate surface area is 229 Å². The van der Waals surface area contributed by atoms with E-state index in [1.165, 1.54) is 81.2 Å². The van der Waals surface area contributed by atoms with E-state index >= 15 is 0 Å². The lowest BCUT2D eigenvalue weighted by Gasteiger charge is -2.58. The summed E-state index contributed by atoms with van der Waals surface area (Å²) in [5.41, 5.74) is 2.24. The van der Waals surface area contributed by atoms with Crippen LogP contribution in [0.1, 0.15) is 105 Å². The van der Waals surface area contributed by atoms with E-state index in [9.17, 15) is 9.18 Å². The van der Waals surface area contributed by atoms with Gasteiger partial charge in [0.05, 0.1) is 0 Å². The molecule has 4 heteroatoms. The van der Waals surface area contributed by atoms with Crippen molar-refractivity contribution in [3.63, 3.8) is 0 Å². The van der Waals surface area contributed by atoms with E-state index in [4.69, 9.17) is 9.47 Å². The number of halogens is 1. The second kappa shape index (κ2) is 11.0. The summed E-state index contributed by atoms with van der Waals surface area (Å²) in [5.74, 6) is 4.91. The molecule has 5 rings (SSSR count). The van der Waals surface area contributed by atoms with Gasteiger partial charge in [-0.2, -0.15) is 0 Å². The first-order valence-electron chi connectivity index (χ1n) is 15.4. The third kappa shape index (κ3) is 5.30. The number of hydrogen-bond acceptors (Lipinski definition) is 3. The van der Waals surface area contributed by atoms with Gasteiger partial charge in [0.2, 0.25) is 0 Å². The Morgan fingerprint density at radius 3 is 2.50 bits per heavy atom. The Bertz CT molecular complexity index is 1020. The molecule has 1 aromatic carbocycles. The van der Waals surface area contributed by atoms with E-state index in [-0.39, 0.29) is 17.3 Å². The van der Waals surface area contributed by atoms with Crippen LogP contribution in [-0.4, -0.2) is 12.3 Å². The molecule has 0 unspecified atom stereocenters. The molecular formula is C34H49FO3. The SMILES string of the molecule is CC(C)CCC[C@H](C)[C@@H]1CC[C@@H]2[C@H]3CC=C4C[C@@H](OC(=O)Oc5ccc(F)cc5)CC[C@]4(C)[C@@H]3CC[C@]21C. The fraction of sp³-hybridized carbons (Fsp3) is 0.735. The van der Waals surface area contributed by atoms with Crippen molar-refractivity contribution in [2.24, 2.45) is 46.3 Å². The van der Waals surface area contributed by atoms with Crippen molar-refractivity contribution < 1.29 is 18.7 Å². The molecule has 38 heavy (non-hydrogen) atoms. The largest absolute Gasteiger partial charge is 0.514 e. The van der Waals surface area contributed by atoms with E-state index < -0.39 is 6.16 Å². The van der Waals surface area contributed by atoms with Crippen molar-refractivity contribution in [3.8, 4) is 5.75 Å². The first-order valence-corrected chi connectivity index (χ1v) is 15.4. The van der Waals surface area contributed by atoms with Crippen molar-refractivity contribution in [2.45, 2.75) is 111 Å². The molecule has 0 aromatic heterocycles. The molecule has 0 radical (unpaired) electrons. The van der Waals surface area contributed by atoms with E-state index in [1.807, 2.05) is 0 Å². The summed E-state index contributed by atoms with van der Waals surface area (Å²) in [7, 11) is 0. The Hall–Kier alpha value is -1.84. The molecule has 0 aliphatic heterocycles. The van der Waals surface area contributed by atoms with Crippen LogP contribution >= 0.6 is 0 Å². The number of carbonyl (C=O) groups is 1. The summed E-state index contributed by atoms with van der Waals surface area (Å²) < 4.78 is 24.2. The second-order valence-electron chi connectivity index (χ2n) is 14.1. The first-order chi connectivity index (χ1) is 18.1. The van der Waals surface area contributed by atoms with Crippen molar-refractivity contribution in [1.82, 2.24) is 0 Å². The van der Waals surface area contributed by atoms with Crippen LogP contribution in [-0.2, 0) is 4.74 Å². The maximum absolute atomic E-state index is 13.1. The molecule has 8 atom stereocenters. The van der Waals surface area contributed by atoms with Crippen LogP contribution in [0.3, 0.4) is 0 Å². The number of ether oxygens (including phenoxy) is 2. The number of carbonyl (C=O) groups excluding carboxylic acids is 1. The standard InChI is InChI=1S/C34H49FO3/c1-22(2)7-6-8-23(3)29-15-16-30-28-14-9-24-21-27(38-32(36)37-26-12-10-25(35)11-13-26)17-19-33(24,4)31(28)18-20-34(29,30)5/h9-13,22-23,27-31H,6-8,14-21H2,1-5H3/t23-,27-,28+,29-,30+,31+,33-,34-/m0/s1. The summed E-state index contributed by atoms with van der Waals surface area (Å²) in [5, 5.41) is 0. The lowest BCUT2D eigenvalue weighted by molar-refractivity contribution is -0.0597. The van der Waals surface area contributed by atoms with Crippen LogP contribution in [0.5, 0.6) is 5.75 Å². The Morgan fingerprint density at radius 1 is 1.00 bits per heavy atom. The van der Waals surface area contributed by atoms with Crippen molar-refractivity contribution >= 4 is 6.16 Å². The number of benzene rings is 1. The zero-order valence-electron chi connectivity index (χ0n) is 24.3. The topological polar surface area (TPSA) is 35.5 Å². The lowest BCUT2D eigenvalue weighted by Crippen LogP contribution is -2.51. The van der Waals surface area contributed by atoms with Gasteiger partial charge in [0.1, 0.15) is 17.7 Å². The maximum Gasteiger partial charge on any atom is 0.514 e. The molecule has 0 heterocycles. The summed E-state index contributed by atoms with van der Waals surface area (Å²) in [6.45, 7) is 12.4. The summed E-state index contributed by atoms with van der Waals surface area (Å²) in [6, 6.07) is 5.48. The van der Waals surface area contributed by atoms with Gasteiger partial charge in [-0.15, -0.1) is 0 Å². The minimum atomic E-state index is -0.688. The third-order valence-corrected chi connectivity index (χ3v) is 11.5. The molecule has 0 spiro atoms. The number of hydrogen-bond donors (Lipinski definition) is 0. The quantitative estimate of drug-likeness (QED) is 0.202. The molecule has 210 valence electrons. The molecule has 4 aliphatic rings. The summed E-state index contributed by atoms with van der Waals surface area (Å²) in [6.07, 6.45) is 15.4. The Kier molecular flexibility index (Phi) is 8.00. The van der Waals surface area contributed by atoms with Crippen LogP contribution in [0.25, 0.3) is 0 Å². The number of allylic oxidation sites excluding steroid dienone is 1. The summed E-state index contributed by atoms with van der Waals surface area (Å²) >= 11 is 0. The van der Waals surface area contributed by atoms with Crippen LogP contribution in [0.2, 0.25) is 0 Å². The molecule has 0 saturated heterocycles. The van der Waals surface area contributed by atoms with Crippen molar-refractivity contribution in [1.29, 1.82) is 0 Å². The van der Waals surface area contributed by atoms with Crippen LogP contribution in [0, 0.1) is 52.2 Å². The normalized spacial score (nSPS) is 37.0. The Morgan fingerprint density at radius 2 is 1.76 bits per heavy atom. The van der Waals surface area contributed by atoms with Gasteiger partial charge < -0.3 is 9.47 Å². The van der Waals surface area contributed by atoms with Gasteiger partial charge in [0.15, 0.2) is 0 Å². The molecule has 1 aromatic rings. The smallest absolute Gasteiger partial charge is 0.430 e. The molecule has 3 saturated carbocycles. The number of rotatable bonds is 7. The fourth-order valence-corrected chi connectivity index (χ4v) is 9.51. The van der Waals surface area contributed by atoms with Gasteiger partial charge >= 0.3 is 6.16 Å². The Balaban J connectivity index is 1.21. The molecular weight excluding hydrogens is 475 g/mol. The van der Waals surface area contributed by atoms with Crippen molar-refractivity contribution in [2.75, 3.05) is 0 Å². The highest BCUT2D eigenvalue weighted by atomic mass is 19.1. The van der Waals surface area contributed by atoms with Gasteiger partial charge in [-0.25, -0.2) is 9.18 Å². The first kappa shape index (κ1) is 27.7. The lowest BCUT2D eigenvalue weighted by atomic mass is 9.47. The number of fused-ring (bicyclic) bond motifs is 5. The fourth-order valence-electron chi connectivity index (χ4n) is 9.51. The zero-order chi connectivity index (χ0) is 27.1. The molecule has 0 amide bonds. The average Bonchev–Trinajstić information content (AvgIpc) is 3.23. The predicted molar refractivity (Wildman–Crippen MR) is 150 cm³/mol. The minimum absolute atomic E-state index is 0.143. The van der Waals surface area contributed by atoms with Crippen LogP contribution in [0.4, 0.5) is 9.18 Å². The van der Waals surface area contributed by atoms with Crippen LogP contribution in [0.15, 0.2) is 35.9 Å². The predicted octanol–water partition coefficient (Wildman–Crippen LogP) is 9.75. The van der Waals surface area contributed by atoms with Crippen molar-refractivity contribution in [3.05, 3.63) is 41.7 Å². The molecule has 0 bridgehead atoms. The van der Waals surface area contributed by atoms with E-state index in [0.717, 1.165) is 54.8 Å². The minimum Gasteiger partial charge on any atom is -0.430 e. The monoisotopic (exact) mass is 524 g/mol. The van der Waals surface area contributed by atoms with Gasteiger partial charge in [0.25, 0.3) is 0 Å².